The van der Waals surface area contributed by atoms with Crippen LogP contribution in [0.1, 0.15) is 25.8 Å². The Morgan fingerprint density at radius 2 is 1.87 bits per heavy atom. The zero-order valence-corrected chi connectivity index (χ0v) is 18.9. The van der Waals surface area contributed by atoms with Crippen molar-refractivity contribution in [3.63, 3.8) is 0 Å². The molecule has 0 aliphatic carbocycles. The maximum absolute atomic E-state index is 12.6. The van der Waals surface area contributed by atoms with Gasteiger partial charge in [0.05, 0.1) is 10.8 Å². The number of anilines is 1. The highest BCUT2D eigenvalue weighted by Crippen LogP contribution is 2.28. The molecule has 2 heterocycles. The fraction of sp³-hybridized carbons (Fsp3) is 0.381. The van der Waals surface area contributed by atoms with Crippen molar-refractivity contribution in [2.75, 3.05) is 24.5 Å². The third kappa shape index (κ3) is 5.23. The van der Waals surface area contributed by atoms with Crippen molar-refractivity contribution in [1.29, 1.82) is 0 Å². The van der Waals surface area contributed by atoms with Gasteiger partial charge >= 0.3 is 5.97 Å². The average Bonchev–Trinajstić information content (AvgIpc) is 3.15. The Morgan fingerprint density at radius 1 is 1.19 bits per heavy atom. The van der Waals surface area contributed by atoms with Gasteiger partial charge in [-0.15, -0.1) is 0 Å². The van der Waals surface area contributed by atoms with E-state index < -0.39 is 21.9 Å². The van der Waals surface area contributed by atoms with Gasteiger partial charge in [0.15, 0.2) is 0 Å². The summed E-state index contributed by atoms with van der Waals surface area (Å²) in [5.41, 5.74) is 1.24. The van der Waals surface area contributed by atoms with E-state index in [1.165, 1.54) is 27.5 Å². The molecule has 166 valence electrons. The van der Waals surface area contributed by atoms with Gasteiger partial charge in [-0.25, -0.2) is 13.4 Å². The summed E-state index contributed by atoms with van der Waals surface area (Å²) in [6, 6.07) is 9.45. The molecule has 1 unspecified atom stereocenters. The first-order valence-corrected chi connectivity index (χ1v) is 11.8. The van der Waals surface area contributed by atoms with E-state index in [4.69, 9.17) is 16.3 Å². The number of benzene rings is 1. The zero-order chi connectivity index (χ0) is 22.6. The molecule has 0 bridgehead atoms. The SMILES string of the molecule is CCN(CC)S(=O)(=O)c1ccc(N2CC(C(=O)OCc3ccc(Cl)nc3)CC2=O)cc1. The van der Waals surface area contributed by atoms with Crippen LogP contribution in [0.5, 0.6) is 0 Å². The predicted octanol–water partition coefficient (Wildman–Crippen LogP) is 2.86. The molecule has 1 saturated heterocycles. The summed E-state index contributed by atoms with van der Waals surface area (Å²) in [7, 11) is -3.57. The van der Waals surface area contributed by atoms with Gasteiger partial charge in [-0.1, -0.05) is 31.5 Å². The van der Waals surface area contributed by atoms with Gasteiger partial charge in [0.2, 0.25) is 15.9 Å². The largest absolute Gasteiger partial charge is 0.460 e. The third-order valence-electron chi connectivity index (χ3n) is 5.12. The molecule has 8 nitrogen and oxygen atoms in total. The number of nitrogens with zero attached hydrogens (tertiary/aromatic N) is 3. The number of hydrogen-bond acceptors (Lipinski definition) is 6. The van der Waals surface area contributed by atoms with Gasteiger partial charge in [0.25, 0.3) is 0 Å². The standard InChI is InChI=1S/C21H24ClN3O5S/c1-3-24(4-2)31(28,29)18-8-6-17(7-9-18)25-13-16(11-20(25)26)21(27)30-14-15-5-10-19(22)23-12-15/h5-10,12,16H,3-4,11,13-14H2,1-2H3. The minimum absolute atomic E-state index is 0.0389. The molecule has 0 saturated carbocycles. The Balaban J connectivity index is 1.64. The Morgan fingerprint density at radius 3 is 2.45 bits per heavy atom. The molecule has 1 amide bonds. The first-order valence-electron chi connectivity index (χ1n) is 9.93. The fourth-order valence-electron chi connectivity index (χ4n) is 3.39. The number of carbonyl (C=O) groups excluding carboxylic acids is 2. The van der Waals surface area contributed by atoms with E-state index in [1.807, 2.05) is 0 Å². The zero-order valence-electron chi connectivity index (χ0n) is 17.3. The lowest BCUT2D eigenvalue weighted by molar-refractivity contribution is -0.149. The molecule has 1 aromatic carbocycles. The molecule has 3 rings (SSSR count). The maximum Gasteiger partial charge on any atom is 0.311 e. The number of halogens is 1. The van der Waals surface area contributed by atoms with Crippen LogP contribution >= 0.6 is 11.6 Å². The number of amides is 1. The number of rotatable bonds is 8. The molecule has 1 aliphatic rings. The summed E-state index contributed by atoms with van der Waals surface area (Å²) in [5, 5.41) is 0.350. The van der Waals surface area contributed by atoms with E-state index in [2.05, 4.69) is 4.98 Å². The number of sulfonamides is 1. The lowest BCUT2D eigenvalue weighted by Crippen LogP contribution is -2.30. The molecule has 0 spiro atoms. The molecule has 1 aromatic heterocycles. The van der Waals surface area contributed by atoms with Gasteiger partial charge in [0.1, 0.15) is 11.8 Å². The first-order chi connectivity index (χ1) is 14.8. The number of aromatic nitrogens is 1. The van der Waals surface area contributed by atoms with E-state index >= 15 is 0 Å². The van der Waals surface area contributed by atoms with E-state index in [-0.39, 0.29) is 30.4 Å². The van der Waals surface area contributed by atoms with Gasteiger partial charge in [-0.2, -0.15) is 4.31 Å². The number of ether oxygens (including phenoxy) is 1. The summed E-state index contributed by atoms with van der Waals surface area (Å²) >= 11 is 5.74. The average molecular weight is 466 g/mol. The van der Waals surface area contributed by atoms with E-state index in [1.54, 1.807) is 38.1 Å². The van der Waals surface area contributed by atoms with Gasteiger partial charge < -0.3 is 9.64 Å². The second-order valence-corrected chi connectivity index (χ2v) is 9.41. The van der Waals surface area contributed by atoms with Crippen molar-refractivity contribution < 1.29 is 22.7 Å². The second kappa shape index (κ2) is 9.76. The van der Waals surface area contributed by atoms with Crippen molar-refractivity contribution in [2.24, 2.45) is 5.92 Å². The highest BCUT2D eigenvalue weighted by atomic mass is 35.5. The number of pyridine rings is 1. The molecule has 0 radical (unpaired) electrons. The summed E-state index contributed by atoms with van der Waals surface area (Å²) in [5.74, 6) is -1.27. The van der Waals surface area contributed by atoms with Crippen LogP contribution < -0.4 is 4.90 Å². The smallest absolute Gasteiger partial charge is 0.311 e. The van der Waals surface area contributed by atoms with Crippen LogP contribution in [0.15, 0.2) is 47.5 Å². The van der Waals surface area contributed by atoms with E-state index in [0.717, 1.165) is 0 Å². The van der Waals surface area contributed by atoms with Gasteiger partial charge in [-0.05, 0) is 30.3 Å². The van der Waals surface area contributed by atoms with Crippen molar-refractivity contribution in [2.45, 2.75) is 31.8 Å². The Kier molecular flexibility index (Phi) is 7.30. The minimum Gasteiger partial charge on any atom is -0.460 e. The molecule has 1 fully saturated rings. The van der Waals surface area contributed by atoms with Crippen LogP contribution in [0.4, 0.5) is 5.69 Å². The second-order valence-electron chi connectivity index (χ2n) is 7.09. The Labute approximate surface area is 186 Å². The van der Waals surface area contributed by atoms with Crippen LogP contribution in [-0.2, 0) is 31.0 Å². The molecule has 1 atom stereocenters. The Hall–Kier alpha value is -2.49. The van der Waals surface area contributed by atoms with Crippen molar-refractivity contribution in [3.05, 3.63) is 53.3 Å². The molecule has 10 heteroatoms. The number of hydrogen-bond donors (Lipinski definition) is 0. The molecule has 31 heavy (non-hydrogen) atoms. The van der Waals surface area contributed by atoms with Crippen LogP contribution in [0, 0.1) is 5.92 Å². The summed E-state index contributed by atoms with van der Waals surface area (Å²) < 4.78 is 31.9. The van der Waals surface area contributed by atoms with E-state index in [0.29, 0.717) is 29.5 Å². The summed E-state index contributed by atoms with van der Waals surface area (Å²) in [6.45, 7) is 4.54. The van der Waals surface area contributed by atoms with Crippen LogP contribution in [-0.4, -0.2) is 49.2 Å². The van der Waals surface area contributed by atoms with Crippen molar-refractivity contribution in [3.8, 4) is 0 Å². The quantitative estimate of drug-likeness (QED) is 0.439. The number of esters is 1. The highest BCUT2D eigenvalue weighted by molar-refractivity contribution is 7.89. The topological polar surface area (TPSA) is 96.9 Å². The van der Waals surface area contributed by atoms with Crippen LogP contribution in [0.2, 0.25) is 5.15 Å². The normalized spacial score (nSPS) is 16.7. The van der Waals surface area contributed by atoms with Crippen LogP contribution in [0.25, 0.3) is 0 Å². The summed E-state index contributed by atoms with van der Waals surface area (Å²) in [4.78, 5) is 30.4. The number of carbonyl (C=O) groups is 2. The lowest BCUT2D eigenvalue weighted by atomic mass is 10.1. The predicted molar refractivity (Wildman–Crippen MR) is 116 cm³/mol. The van der Waals surface area contributed by atoms with Gasteiger partial charge in [-0.3, -0.25) is 9.59 Å². The molecular formula is C21H24ClN3O5S. The van der Waals surface area contributed by atoms with Crippen molar-refractivity contribution in [1.82, 2.24) is 9.29 Å². The molecule has 1 aliphatic heterocycles. The van der Waals surface area contributed by atoms with Gasteiger partial charge in [0, 0.05) is 43.5 Å². The monoisotopic (exact) mass is 465 g/mol. The van der Waals surface area contributed by atoms with Crippen LogP contribution in [0.3, 0.4) is 0 Å². The lowest BCUT2D eigenvalue weighted by Gasteiger charge is -2.20. The third-order valence-corrected chi connectivity index (χ3v) is 7.41. The molecule has 2 aromatic rings. The van der Waals surface area contributed by atoms with Crippen molar-refractivity contribution >= 4 is 39.2 Å². The molecular weight excluding hydrogens is 442 g/mol. The first kappa shape index (κ1) is 23.2. The Bertz CT molecular complexity index is 1040. The minimum atomic E-state index is -3.57. The van der Waals surface area contributed by atoms with E-state index in [9.17, 15) is 18.0 Å². The fourth-order valence-corrected chi connectivity index (χ4v) is 4.96. The molecule has 0 N–H and O–H groups in total. The maximum atomic E-state index is 12.6. The summed E-state index contributed by atoms with van der Waals surface area (Å²) in [6.07, 6.45) is 1.56. The highest BCUT2D eigenvalue weighted by Gasteiger charge is 2.36.